The average Bonchev–Trinajstić information content (AvgIpc) is 2.37. The largest absolute Gasteiger partial charge is 0.511 e. The van der Waals surface area contributed by atoms with E-state index < -0.39 is 8.56 Å². The molecule has 0 amide bonds. The highest BCUT2D eigenvalue weighted by Gasteiger charge is 2.31. The van der Waals surface area contributed by atoms with Crippen LogP contribution in [-0.4, -0.2) is 8.56 Å². The predicted molar refractivity (Wildman–Crippen MR) is 91.7 cm³/mol. The van der Waals surface area contributed by atoms with Gasteiger partial charge in [-0.05, 0) is 36.4 Å². The predicted octanol–water partition coefficient (Wildman–Crippen LogP) is 6.46. The molecule has 0 aromatic heterocycles. The van der Waals surface area contributed by atoms with Crippen LogP contribution in [0.15, 0.2) is 36.4 Å². The number of hydrogen-bond donors (Lipinski definition) is 0. The standard InChI is InChI=1S/C14H12Cl4O2Si/c1-21(2,19-13-7-9(15)3-5-11(13)17)20-14-8-10(16)4-6-12(14)18/h3-8H,1-2H3. The molecule has 2 nitrogen and oxygen atoms in total. The summed E-state index contributed by atoms with van der Waals surface area (Å²) in [5, 5.41) is 2.03. The van der Waals surface area contributed by atoms with Crippen LogP contribution in [0.2, 0.25) is 33.2 Å². The molecule has 2 rings (SSSR count). The van der Waals surface area contributed by atoms with E-state index in [2.05, 4.69) is 0 Å². The Morgan fingerprint density at radius 3 is 1.48 bits per heavy atom. The molecule has 0 radical (unpaired) electrons. The van der Waals surface area contributed by atoms with Crippen molar-refractivity contribution in [3.63, 3.8) is 0 Å². The zero-order valence-corrected chi connectivity index (χ0v) is 15.3. The summed E-state index contributed by atoms with van der Waals surface area (Å²) < 4.78 is 11.8. The van der Waals surface area contributed by atoms with Crippen LogP contribution < -0.4 is 8.85 Å². The third-order valence-corrected chi connectivity index (χ3v) is 5.02. The molecule has 0 unspecified atom stereocenters. The third kappa shape index (κ3) is 4.70. The van der Waals surface area contributed by atoms with E-state index in [0.29, 0.717) is 31.6 Å². The Morgan fingerprint density at radius 1 is 0.714 bits per heavy atom. The molecule has 0 heterocycles. The third-order valence-electron chi connectivity index (χ3n) is 2.50. The van der Waals surface area contributed by atoms with Crippen molar-refractivity contribution in [3.05, 3.63) is 56.5 Å². The molecule has 0 aliphatic heterocycles. The molecule has 7 heteroatoms. The Hall–Kier alpha value is -0.583. The van der Waals surface area contributed by atoms with Crippen molar-refractivity contribution in [1.82, 2.24) is 0 Å². The van der Waals surface area contributed by atoms with Gasteiger partial charge < -0.3 is 8.85 Å². The van der Waals surface area contributed by atoms with Crippen molar-refractivity contribution in [3.8, 4) is 11.5 Å². The monoisotopic (exact) mass is 380 g/mol. The summed E-state index contributed by atoms with van der Waals surface area (Å²) in [6, 6.07) is 10.1. The van der Waals surface area contributed by atoms with E-state index in [1.165, 1.54) is 0 Å². The second-order valence-electron chi connectivity index (χ2n) is 4.75. The Kier molecular flexibility index (Phi) is 5.33. The fourth-order valence-electron chi connectivity index (χ4n) is 1.66. The highest BCUT2D eigenvalue weighted by molar-refractivity contribution is 6.66. The van der Waals surface area contributed by atoms with E-state index in [-0.39, 0.29) is 0 Å². The zero-order valence-electron chi connectivity index (χ0n) is 11.3. The molecule has 0 atom stereocenters. The van der Waals surface area contributed by atoms with Crippen LogP contribution in [0.5, 0.6) is 11.5 Å². The first-order valence-electron chi connectivity index (χ1n) is 6.05. The molecule has 0 saturated carbocycles. The van der Waals surface area contributed by atoms with E-state index >= 15 is 0 Å². The molecule has 112 valence electrons. The van der Waals surface area contributed by atoms with E-state index in [9.17, 15) is 0 Å². The first-order valence-corrected chi connectivity index (χ1v) is 10.4. The lowest BCUT2D eigenvalue weighted by Crippen LogP contribution is -2.42. The fourth-order valence-corrected chi connectivity index (χ4v) is 3.87. The maximum atomic E-state index is 6.10. The summed E-state index contributed by atoms with van der Waals surface area (Å²) in [6.07, 6.45) is 0. The van der Waals surface area contributed by atoms with Gasteiger partial charge in [-0.2, -0.15) is 0 Å². The lowest BCUT2D eigenvalue weighted by atomic mass is 10.3. The molecule has 21 heavy (non-hydrogen) atoms. The van der Waals surface area contributed by atoms with E-state index in [1.54, 1.807) is 36.4 Å². The van der Waals surface area contributed by atoms with Crippen LogP contribution in [0.4, 0.5) is 0 Å². The minimum absolute atomic E-state index is 0.473. The highest BCUT2D eigenvalue weighted by atomic mass is 35.5. The van der Waals surface area contributed by atoms with Gasteiger partial charge >= 0.3 is 8.56 Å². The Balaban J connectivity index is 2.22. The Labute approximate surface area is 144 Å². The fraction of sp³-hybridized carbons (Fsp3) is 0.143. The normalized spacial score (nSPS) is 11.3. The van der Waals surface area contributed by atoms with Crippen LogP contribution >= 0.6 is 46.4 Å². The molecule has 0 spiro atoms. The number of halogens is 4. The first kappa shape index (κ1) is 16.8. The van der Waals surface area contributed by atoms with Crippen molar-refractivity contribution >= 4 is 55.0 Å². The topological polar surface area (TPSA) is 18.5 Å². The smallest absolute Gasteiger partial charge is 0.454 e. The van der Waals surface area contributed by atoms with Gasteiger partial charge in [0.25, 0.3) is 0 Å². The van der Waals surface area contributed by atoms with Gasteiger partial charge in [-0.25, -0.2) is 0 Å². The molecule has 0 saturated heterocycles. The lowest BCUT2D eigenvalue weighted by molar-refractivity contribution is 0.400. The Morgan fingerprint density at radius 2 is 1.10 bits per heavy atom. The molecule has 0 aliphatic rings. The van der Waals surface area contributed by atoms with Crippen molar-refractivity contribution in [2.24, 2.45) is 0 Å². The summed E-state index contributed by atoms with van der Waals surface area (Å²) in [5.41, 5.74) is 0. The van der Waals surface area contributed by atoms with E-state index in [4.69, 9.17) is 55.3 Å². The number of hydrogen-bond acceptors (Lipinski definition) is 2. The Bertz CT molecular complexity index is 606. The first-order chi connectivity index (χ1) is 9.77. The van der Waals surface area contributed by atoms with Gasteiger partial charge in [0.15, 0.2) is 0 Å². The van der Waals surface area contributed by atoms with Crippen LogP contribution in [0.25, 0.3) is 0 Å². The van der Waals surface area contributed by atoms with Gasteiger partial charge in [0.2, 0.25) is 0 Å². The molecule has 0 fully saturated rings. The maximum absolute atomic E-state index is 6.10. The summed E-state index contributed by atoms with van der Waals surface area (Å²) in [4.78, 5) is 0. The number of rotatable bonds is 4. The molecular weight excluding hydrogens is 370 g/mol. The SMILES string of the molecule is C[Si](C)(Oc1cc(Cl)ccc1Cl)Oc1cc(Cl)ccc1Cl. The van der Waals surface area contributed by atoms with E-state index in [0.717, 1.165) is 0 Å². The van der Waals surface area contributed by atoms with Gasteiger partial charge in [0.05, 0.1) is 10.0 Å². The molecule has 0 N–H and O–H groups in total. The van der Waals surface area contributed by atoms with Gasteiger partial charge in [-0.15, -0.1) is 0 Å². The van der Waals surface area contributed by atoms with Crippen molar-refractivity contribution in [2.45, 2.75) is 13.1 Å². The highest BCUT2D eigenvalue weighted by Crippen LogP contribution is 2.33. The summed E-state index contributed by atoms with van der Waals surface area (Å²) in [6.45, 7) is 3.75. The van der Waals surface area contributed by atoms with Crippen molar-refractivity contribution < 1.29 is 8.85 Å². The minimum atomic E-state index is -2.58. The van der Waals surface area contributed by atoms with Gasteiger partial charge in [-0.1, -0.05) is 46.4 Å². The quantitative estimate of drug-likeness (QED) is 0.565. The molecule has 2 aromatic carbocycles. The van der Waals surface area contributed by atoms with Crippen LogP contribution in [0.1, 0.15) is 0 Å². The summed E-state index contributed by atoms with van der Waals surface area (Å²) in [5.74, 6) is 0.970. The van der Waals surface area contributed by atoms with Crippen molar-refractivity contribution in [2.75, 3.05) is 0 Å². The van der Waals surface area contributed by atoms with Gasteiger partial charge in [0.1, 0.15) is 11.5 Å². The van der Waals surface area contributed by atoms with Crippen molar-refractivity contribution in [1.29, 1.82) is 0 Å². The second-order valence-corrected chi connectivity index (χ2v) is 9.65. The maximum Gasteiger partial charge on any atom is 0.454 e. The lowest BCUT2D eigenvalue weighted by Gasteiger charge is -2.25. The van der Waals surface area contributed by atoms with Crippen LogP contribution in [0.3, 0.4) is 0 Å². The summed E-state index contributed by atoms with van der Waals surface area (Å²) in [7, 11) is -2.58. The molecule has 0 aliphatic carbocycles. The minimum Gasteiger partial charge on any atom is -0.511 e. The average molecular weight is 382 g/mol. The summed E-state index contributed by atoms with van der Waals surface area (Å²) >= 11 is 24.1. The van der Waals surface area contributed by atoms with Crippen LogP contribution in [0, 0.1) is 0 Å². The molecule has 2 aromatic rings. The van der Waals surface area contributed by atoms with Crippen LogP contribution in [-0.2, 0) is 0 Å². The number of benzene rings is 2. The second kappa shape index (κ2) is 6.67. The van der Waals surface area contributed by atoms with Gasteiger partial charge in [-0.3, -0.25) is 0 Å². The van der Waals surface area contributed by atoms with E-state index in [1.807, 2.05) is 13.1 Å². The zero-order chi connectivity index (χ0) is 15.6. The molecular formula is C14H12Cl4O2Si. The molecule has 0 bridgehead atoms. The van der Waals surface area contributed by atoms with Gasteiger partial charge in [0, 0.05) is 23.1 Å².